The fraction of sp³-hybridized carbons (Fsp3) is 0.444. The van der Waals surface area contributed by atoms with Crippen LogP contribution in [-0.2, 0) is 11.6 Å². The van der Waals surface area contributed by atoms with Crippen LogP contribution >= 0.6 is 40.8 Å². The van der Waals surface area contributed by atoms with Crippen LogP contribution in [0.5, 0.6) is 0 Å². The molecule has 0 N–H and O–H groups in total. The van der Waals surface area contributed by atoms with Crippen LogP contribution in [0, 0.1) is 0 Å². The van der Waals surface area contributed by atoms with Crippen LogP contribution in [0.4, 0.5) is 0 Å². The van der Waals surface area contributed by atoms with Gasteiger partial charge >= 0.3 is 57.2 Å². The SMILES string of the molecule is C1=CCCC=CCC1.O=[C]=[Co]([I])[I]. The molecule has 0 heterocycles. The molecule has 0 saturated heterocycles. The van der Waals surface area contributed by atoms with Gasteiger partial charge in [0, 0.05) is 0 Å². The molecule has 0 saturated carbocycles. The molecule has 0 fully saturated rings. The number of allylic oxidation sites excluding steroid dienone is 4. The second-order valence-corrected chi connectivity index (χ2v) is 14.7. The predicted molar refractivity (Wildman–Crippen MR) is 70.5 cm³/mol. The summed E-state index contributed by atoms with van der Waals surface area (Å²) >= 11 is 4.06. The molecule has 0 atom stereocenters. The Morgan fingerprint density at radius 2 is 1.15 bits per heavy atom. The summed E-state index contributed by atoms with van der Waals surface area (Å²) in [4.78, 5) is 11.2. The second-order valence-electron chi connectivity index (χ2n) is 2.34. The maximum atomic E-state index is 9.39. The average molecular weight is 449 g/mol. The Balaban J connectivity index is 0.000000252. The third kappa shape index (κ3) is 13.0. The summed E-state index contributed by atoms with van der Waals surface area (Å²) in [6.45, 7) is -0.447. The Hall–Kier alpha value is 1.03. The fourth-order valence-electron chi connectivity index (χ4n) is 0.856. The maximum absolute atomic E-state index is 9.39. The van der Waals surface area contributed by atoms with E-state index >= 15 is 0 Å². The summed E-state index contributed by atoms with van der Waals surface area (Å²) in [5.41, 5.74) is 0. The second kappa shape index (κ2) is 11.1. The molecule has 13 heavy (non-hydrogen) atoms. The van der Waals surface area contributed by atoms with Crippen LogP contribution < -0.4 is 0 Å². The molecule has 1 nitrogen and oxygen atoms in total. The van der Waals surface area contributed by atoms with Crippen molar-refractivity contribution in [1.29, 1.82) is 0 Å². The van der Waals surface area contributed by atoms with Crippen LogP contribution in [0.2, 0.25) is 0 Å². The standard InChI is InChI=1S/C8H12.CO.Co.2HI/c1-2-4-6-8-7-5-3-1;1-2;;;/h1-2,7-8H,3-6H2;;;2*1H/q;;+2;;/p-2. The third-order valence-electron chi connectivity index (χ3n) is 1.38. The summed E-state index contributed by atoms with van der Waals surface area (Å²) in [5.74, 6) is 0. The Kier molecular flexibility index (Phi) is 12.0. The number of carbonyl (C=O) groups excluding carboxylic acids is 1. The van der Waals surface area contributed by atoms with Crippen LogP contribution in [-0.4, -0.2) is 4.82 Å². The molecule has 1 aliphatic carbocycles. The third-order valence-corrected chi connectivity index (χ3v) is 2.76. The topological polar surface area (TPSA) is 17.1 Å². The Morgan fingerprint density at radius 3 is 1.31 bits per heavy atom. The van der Waals surface area contributed by atoms with Gasteiger partial charge in [0.25, 0.3) is 0 Å². The monoisotopic (exact) mass is 449 g/mol. The van der Waals surface area contributed by atoms with Gasteiger partial charge in [0.05, 0.1) is 0 Å². The predicted octanol–water partition coefficient (Wildman–Crippen LogP) is 4.04. The minimum atomic E-state index is -0.447. The van der Waals surface area contributed by atoms with Gasteiger partial charge in [0.15, 0.2) is 0 Å². The van der Waals surface area contributed by atoms with Gasteiger partial charge in [-0.05, 0) is 25.7 Å². The number of hydrogen-bond donors (Lipinski definition) is 0. The van der Waals surface area contributed by atoms with Crippen molar-refractivity contribution in [3.63, 3.8) is 0 Å². The van der Waals surface area contributed by atoms with Gasteiger partial charge in [-0.15, -0.1) is 0 Å². The average Bonchev–Trinajstić information content (AvgIpc) is 2.04. The molecular formula is C9H12CoI2O. The molecular weight excluding hydrogens is 437 g/mol. The van der Waals surface area contributed by atoms with E-state index in [2.05, 4.69) is 24.3 Å². The van der Waals surface area contributed by atoms with Crippen molar-refractivity contribution in [2.24, 2.45) is 0 Å². The fourth-order valence-corrected chi connectivity index (χ4v) is 0.856. The van der Waals surface area contributed by atoms with E-state index in [1.807, 2.05) is 45.7 Å². The summed E-state index contributed by atoms with van der Waals surface area (Å²) in [7, 11) is 0. The van der Waals surface area contributed by atoms with E-state index in [-0.39, 0.29) is 0 Å². The molecule has 4 heteroatoms. The van der Waals surface area contributed by atoms with E-state index in [4.69, 9.17) is 0 Å². The summed E-state index contributed by atoms with van der Waals surface area (Å²) in [5, 5.41) is 0. The molecule has 77 valence electrons. The first-order valence-corrected chi connectivity index (χ1v) is 11.2. The molecule has 0 spiro atoms. The Labute approximate surface area is 106 Å². The Morgan fingerprint density at radius 1 is 0.923 bits per heavy atom. The van der Waals surface area contributed by atoms with E-state index in [0.717, 1.165) is 0 Å². The van der Waals surface area contributed by atoms with Gasteiger partial charge in [0.2, 0.25) is 0 Å². The molecule has 0 aromatic carbocycles. The van der Waals surface area contributed by atoms with Gasteiger partial charge in [-0.2, -0.15) is 0 Å². The molecule has 0 bridgehead atoms. The molecule has 1 aliphatic rings. The molecule has 0 unspecified atom stereocenters. The van der Waals surface area contributed by atoms with Crippen LogP contribution in [0.3, 0.4) is 0 Å². The summed E-state index contributed by atoms with van der Waals surface area (Å²) in [6, 6.07) is 0. The van der Waals surface area contributed by atoms with Crippen LogP contribution in [0.1, 0.15) is 25.7 Å². The van der Waals surface area contributed by atoms with Crippen molar-refractivity contribution >= 4 is 45.7 Å². The van der Waals surface area contributed by atoms with Crippen molar-refractivity contribution in [3.8, 4) is 0 Å². The van der Waals surface area contributed by atoms with Gasteiger partial charge in [0.1, 0.15) is 0 Å². The zero-order valence-electron chi connectivity index (χ0n) is 7.14. The molecule has 1 rings (SSSR count). The van der Waals surface area contributed by atoms with E-state index in [1.54, 1.807) is 0 Å². The molecule has 0 aromatic heterocycles. The normalized spacial score (nSPS) is 16.0. The first-order valence-electron chi connectivity index (χ1n) is 3.92. The van der Waals surface area contributed by atoms with E-state index < -0.39 is 6.79 Å². The van der Waals surface area contributed by atoms with Crippen molar-refractivity contribution < 1.29 is 11.6 Å². The van der Waals surface area contributed by atoms with E-state index in [9.17, 15) is 4.79 Å². The first-order chi connectivity index (χ1) is 6.27. The van der Waals surface area contributed by atoms with Crippen molar-refractivity contribution in [3.05, 3.63) is 24.3 Å². The van der Waals surface area contributed by atoms with Crippen LogP contribution in [0.25, 0.3) is 0 Å². The van der Waals surface area contributed by atoms with Gasteiger partial charge in [-0.1, -0.05) is 24.3 Å². The number of hydrogen-bond acceptors (Lipinski definition) is 1. The quantitative estimate of drug-likeness (QED) is 0.404. The van der Waals surface area contributed by atoms with Crippen molar-refractivity contribution in [2.45, 2.75) is 25.7 Å². The zero-order chi connectivity index (χ0) is 9.94. The van der Waals surface area contributed by atoms with E-state index in [0.29, 0.717) is 0 Å². The van der Waals surface area contributed by atoms with Gasteiger partial charge in [-0.25, -0.2) is 0 Å². The molecule has 0 radical (unpaired) electrons. The molecule has 0 aliphatic heterocycles. The first kappa shape index (κ1) is 14.0. The number of halogens is 2. The van der Waals surface area contributed by atoms with Gasteiger partial charge < -0.3 is 0 Å². The van der Waals surface area contributed by atoms with E-state index in [1.165, 1.54) is 25.7 Å². The van der Waals surface area contributed by atoms with Crippen molar-refractivity contribution in [1.82, 2.24) is 0 Å². The van der Waals surface area contributed by atoms with Gasteiger partial charge in [-0.3, -0.25) is 0 Å². The summed E-state index contributed by atoms with van der Waals surface area (Å²) < 4.78 is 0. The minimum absolute atomic E-state index is 0.447. The number of rotatable bonds is 0. The molecule has 0 aromatic rings. The van der Waals surface area contributed by atoms with Crippen LogP contribution in [0.15, 0.2) is 24.3 Å². The summed E-state index contributed by atoms with van der Waals surface area (Å²) in [6.07, 6.45) is 14.0. The zero-order valence-corrected chi connectivity index (χ0v) is 12.5. The Bertz CT molecular complexity index is 200. The molecule has 0 amide bonds. The van der Waals surface area contributed by atoms with Crippen molar-refractivity contribution in [2.75, 3.05) is 0 Å².